The van der Waals surface area contributed by atoms with E-state index in [9.17, 15) is 0 Å². The lowest BCUT2D eigenvalue weighted by Crippen LogP contribution is -2.41. The molecule has 1 aliphatic rings. The molecule has 0 saturated carbocycles. The molecular formula is C15H25BN2O3. The number of ether oxygens (including phenoxy) is 1. The van der Waals surface area contributed by atoms with Gasteiger partial charge in [-0.3, -0.25) is 0 Å². The Balaban J connectivity index is 1.97. The Labute approximate surface area is 127 Å². The lowest BCUT2D eigenvalue weighted by atomic mass is 9.80. The van der Waals surface area contributed by atoms with Crippen molar-refractivity contribution in [3.63, 3.8) is 0 Å². The van der Waals surface area contributed by atoms with Crippen molar-refractivity contribution < 1.29 is 14.0 Å². The molecule has 6 heteroatoms. The summed E-state index contributed by atoms with van der Waals surface area (Å²) in [5.41, 5.74) is 5.89. The maximum atomic E-state index is 5.98. The molecule has 2 heterocycles. The maximum absolute atomic E-state index is 5.98. The molecule has 1 fully saturated rings. The average Bonchev–Trinajstić information content (AvgIpc) is 2.59. The van der Waals surface area contributed by atoms with Gasteiger partial charge < -0.3 is 19.8 Å². The van der Waals surface area contributed by atoms with Gasteiger partial charge >= 0.3 is 7.12 Å². The smallest absolute Gasteiger partial charge is 0.478 e. The van der Waals surface area contributed by atoms with E-state index < -0.39 is 0 Å². The van der Waals surface area contributed by atoms with Crippen LogP contribution >= 0.6 is 0 Å². The first-order valence-electron chi connectivity index (χ1n) is 7.41. The van der Waals surface area contributed by atoms with E-state index in [1.807, 2.05) is 46.8 Å². The van der Waals surface area contributed by atoms with Gasteiger partial charge in [-0.15, -0.1) is 0 Å². The molecule has 5 nitrogen and oxygen atoms in total. The summed E-state index contributed by atoms with van der Waals surface area (Å²) in [4.78, 5) is 4.29. The lowest BCUT2D eigenvalue weighted by Gasteiger charge is -2.32. The van der Waals surface area contributed by atoms with Crippen molar-refractivity contribution in [3.05, 3.63) is 18.3 Å². The van der Waals surface area contributed by atoms with Gasteiger partial charge in [-0.05, 0) is 47.1 Å². The standard InChI is InChI=1S/C15H25BN2O3/c1-11(17)8-9-19-13-7-6-12(10-18-13)16-20-14(2,3)15(4,5)21-16/h6-7,10-11H,8-9,17H2,1-5H3. The molecule has 1 aromatic heterocycles. The third-order valence-electron chi connectivity index (χ3n) is 4.11. The zero-order chi connectivity index (χ0) is 15.7. The van der Waals surface area contributed by atoms with E-state index in [0.29, 0.717) is 12.5 Å². The van der Waals surface area contributed by atoms with Crippen LogP contribution in [-0.4, -0.2) is 36.0 Å². The highest BCUT2D eigenvalue weighted by molar-refractivity contribution is 6.62. The second-order valence-corrected chi connectivity index (χ2v) is 6.63. The van der Waals surface area contributed by atoms with Gasteiger partial charge in [0.15, 0.2) is 0 Å². The first-order chi connectivity index (χ1) is 9.71. The van der Waals surface area contributed by atoms with Gasteiger partial charge in [0, 0.05) is 17.7 Å². The van der Waals surface area contributed by atoms with Crippen molar-refractivity contribution >= 4 is 12.6 Å². The SMILES string of the molecule is CC(N)CCOc1ccc(B2OC(C)(C)C(C)(C)O2)cn1. The van der Waals surface area contributed by atoms with Crippen LogP contribution in [0.5, 0.6) is 5.88 Å². The van der Waals surface area contributed by atoms with Crippen molar-refractivity contribution in [2.45, 2.75) is 58.3 Å². The minimum Gasteiger partial charge on any atom is -0.478 e. The van der Waals surface area contributed by atoms with Crippen LogP contribution in [0.2, 0.25) is 0 Å². The third kappa shape index (κ3) is 3.76. The molecule has 2 rings (SSSR count). The van der Waals surface area contributed by atoms with Crippen LogP contribution in [0, 0.1) is 0 Å². The fraction of sp³-hybridized carbons (Fsp3) is 0.667. The van der Waals surface area contributed by atoms with E-state index >= 15 is 0 Å². The number of nitrogens with two attached hydrogens (primary N) is 1. The predicted molar refractivity (Wildman–Crippen MR) is 83.7 cm³/mol. The Hall–Kier alpha value is -1.11. The summed E-state index contributed by atoms with van der Waals surface area (Å²) in [7, 11) is -0.388. The summed E-state index contributed by atoms with van der Waals surface area (Å²) in [6.45, 7) is 10.7. The van der Waals surface area contributed by atoms with Gasteiger partial charge in [0.25, 0.3) is 0 Å². The molecule has 116 valence electrons. The minimum atomic E-state index is -0.388. The van der Waals surface area contributed by atoms with E-state index in [1.54, 1.807) is 6.20 Å². The second-order valence-electron chi connectivity index (χ2n) is 6.63. The molecule has 1 atom stereocenters. The third-order valence-corrected chi connectivity index (χ3v) is 4.11. The Morgan fingerprint density at radius 3 is 2.33 bits per heavy atom. The fourth-order valence-electron chi connectivity index (χ4n) is 1.95. The lowest BCUT2D eigenvalue weighted by molar-refractivity contribution is 0.00578. The van der Waals surface area contributed by atoms with Crippen LogP contribution in [0.25, 0.3) is 0 Å². The highest BCUT2D eigenvalue weighted by Crippen LogP contribution is 2.36. The van der Waals surface area contributed by atoms with Crippen LogP contribution in [0.1, 0.15) is 41.0 Å². The topological polar surface area (TPSA) is 66.6 Å². The maximum Gasteiger partial charge on any atom is 0.496 e. The van der Waals surface area contributed by atoms with Gasteiger partial charge in [-0.25, -0.2) is 4.98 Å². The van der Waals surface area contributed by atoms with E-state index in [1.165, 1.54) is 0 Å². The monoisotopic (exact) mass is 292 g/mol. The van der Waals surface area contributed by atoms with Crippen LogP contribution in [0.4, 0.5) is 0 Å². The molecule has 2 N–H and O–H groups in total. The minimum absolute atomic E-state index is 0.133. The fourth-order valence-corrected chi connectivity index (χ4v) is 1.95. The molecule has 1 aromatic rings. The van der Waals surface area contributed by atoms with Crippen molar-refractivity contribution in [2.24, 2.45) is 5.73 Å². The first-order valence-corrected chi connectivity index (χ1v) is 7.41. The van der Waals surface area contributed by atoms with E-state index in [4.69, 9.17) is 19.8 Å². The van der Waals surface area contributed by atoms with Crippen LogP contribution < -0.4 is 15.9 Å². The number of rotatable bonds is 5. The molecule has 0 amide bonds. The molecular weight excluding hydrogens is 267 g/mol. The molecule has 1 unspecified atom stereocenters. The Bertz CT molecular complexity index is 458. The number of hydrogen-bond acceptors (Lipinski definition) is 5. The molecule has 1 aliphatic heterocycles. The quantitative estimate of drug-likeness (QED) is 0.833. The normalized spacial score (nSPS) is 21.3. The van der Waals surface area contributed by atoms with Crippen molar-refractivity contribution in [2.75, 3.05) is 6.61 Å². The molecule has 21 heavy (non-hydrogen) atoms. The van der Waals surface area contributed by atoms with Crippen LogP contribution in [0.3, 0.4) is 0 Å². The number of nitrogens with zero attached hydrogens (tertiary/aromatic N) is 1. The summed E-state index contributed by atoms with van der Waals surface area (Å²) in [6.07, 6.45) is 2.55. The molecule has 0 spiro atoms. The summed E-state index contributed by atoms with van der Waals surface area (Å²) in [5.74, 6) is 0.593. The van der Waals surface area contributed by atoms with Crippen molar-refractivity contribution in [1.82, 2.24) is 4.98 Å². The van der Waals surface area contributed by atoms with Gasteiger partial charge in [-0.1, -0.05) is 6.07 Å². The summed E-state index contributed by atoms with van der Waals surface area (Å²) < 4.78 is 17.5. The van der Waals surface area contributed by atoms with Crippen molar-refractivity contribution in [1.29, 1.82) is 0 Å². The zero-order valence-corrected chi connectivity index (χ0v) is 13.6. The Morgan fingerprint density at radius 2 is 1.86 bits per heavy atom. The van der Waals surface area contributed by atoms with Crippen LogP contribution in [-0.2, 0) is 9.31 Å². The summed E-state index contributed by atoms with van der Waals surface area (Å²) in [6, 6.07) is 3.90. The van der Waals surface area contributed by atoms with Gasteiger partial charge in [-0.2, -0.15) is 0 Å². The van der Waals surface area contributed by atoms with Crippen molar-refractivity contribution in [3.8, 4) is 5.88 Å². The molecule has 0 aromatic carbocycles. The largest absolute Gasteiger partial charge is 0.496 e. The molecule has 0 aliphatic carbocycles. The Kier molecular flexibility index (Phi) is 4.61. The van der Waals surface area contributed by atoms with E-state index in [-0.39, 0.29) is 24.4 Å². The second kappa shape index (κ2) is 5.95. The number of pyridine rings is 1. The van der Waals surface area contributed by atoms with Gasteiger partial charge in [0.05, 0.1) is 17.8 Å². The number of hydrogen-bond donors (Lipinski definition) is 1. The van der Waals surface area contributed by atoms with E-state index in [0.717, 1.165) is 11.9 Å². The van der Waals surface area contributed by atoms with Gasteiger partial charge in [0.1, 0.15) is 0 Å². The molecule has 1 saturated heterocycles. The Morgan fingerprint density at radius 1 is 1.24 bits per heavy atom. The van der Waals surface area contributed by atoms with Crippen LogP contribution in [0.15, 0.2) is 18.3 Å². The molecule has 0 radical (unpaired) electrons. The first kappa shape index (κ1) is 16.3. The van der Waals surface area contributed by atoms with E-state index in [2.05, 4.69) is 4.98 Å². The predicted octanol–water partition coefficient (Wildman–Crippen LogP) is 1.50. The highest BCUT2D eigenvalue weighted by atomic mass is 16.7. The average molecular weight is 292 g/mol. The van der Waals surface area contributed by atoms with Gasteiger partial charge in [0.2, 0.25) is 5.88 Å². The zero-order valence-electron chi connectivity index (χ0n) is 13.6. The molecule has 0 bridgehead atoms. The number of aromatic nitrogens is 1. The summed E-state index contributed by atoms with van der Waals surface area (Å²) in [5, 5.41) is 0. The summed E-state index contributed by atoms with van der Waals surface area (Å²) >= 11 is 0. The highest BCUT2D eigenvalue weighted by Gasteiger charge is 2.51.